The first-order chi connectivity index (χ1) is 9.45. The van der Waals surface area contributed by atoms with Crippen molar-refractivity contribution >= 4 is 21.4 Å². The van der Waals surface area contributed by atoms with Crippen LogP contribution in [0.1, 0.15) is 5.56 Å². The van der Waals surface area contributed by atoms with Crippen molar-refractivity contribution in [3.63, 3.8) is 0 Å². The van der Waals surface area contributed by atoms with Crippen LogP contribution in [0, 0.1) is 12.7 Å². The first-order valence-corrected chi connectivity index (χ1v) is 7.13. The van der Waals surface area contributed by atoms with E-state index < -0.39 is 15.8 Å². The molecule has 0 fully saturated rings. The number of sulfonamides is 1. The molecule has 0 aliphatic carbocycles. The number of nitrogens with zero attached hydrogens (tertiary/aromatic N) is 1. The largest absolute Gasteiger partial charge is 0.321 e. The molecular weight excluding hydrogens is 283 g/mol. The van der Waals surface area contributed by atoms with Gasteiger partial charge in [0.15, 0.2) is 0 Å². The highest BCUT2D eigenvalue weighted by molar-refractivity contribution is 7.92. The summed E-state index contributed by atoms with van der Waals surface area (Å²) in [6.07, 6.45) is 1.31. The molecule has 1 heterocycles. The summed E-state index contributed by atoms with van der Waals surface area (Å²) >= 11 is 0. The van der Waals surface area contributed by atoms with Crippen LogP contribution in [0.25, 0.3) is 0 Å². The van der Waals surface area contributed by atoms with Gasteiger partial charge in [0.2, 0.25) is 5.03 Å². The zero-order chi connectivity index (χ0) is 14.8. The van der Waals surface area contributed by atoms with E-state index >= 15 is 0 Å². The van der Waals surface area contributed by atoms with E-state index in [0.717, 1.165) is 0 Å². The predicted octanol–water partition coefficient (Wildman–Crippen LogP) is 1.62. The lowest BCUT2D eigenvalue weighted by Gasteiger charge is -2.12. The maximum Gasteiger partial charge on any atom is 0.281 e. The van der Waals surface area contributed by atoms with Crippen molar-refractivity contribution in [3.8, 4) is 0 Å². The fraction of sp³-hybridized carbons (Fsp3) is 0.0833. The van der Waals surface area contributed by atoms with Crippen molar-refractivity contribution in [1.29, 1.82) is 0 Å². The summed E-state index contributed by atoms with van der Waals surface area (Å²) in [5, 5.41) is -0.301. The van der Waals surface area contributed by atoms with Gasteiger partial charge in [-0.2, -0.15) is 8.42 Å². The number of halogens is 1. The zero-order valence-electron chi connectivity index (χ0n) is 10.6. The summed E-state index contributed by atoms with van der Waals surface area (Å²) < 4.78 is 40.4. The summed E-state index contributed by atoms with van der Waals surface area (Å²) in [7, 11) is -4.04. The molecule has 20 heavy (non-hydrogen) atoms. The van der Waals surface area contributed by atoms with Crippen molar-refractivity contribution in [3.05, 3.63) is 47.9 Å². The SMILES string of the molecule is Cc1cccc(F)c1NS(=O)(=O)c1ncccc1NN. The second kappa shape index (κ2) is 5.43. The van der Waals surface area contributed by atoms with E-state index in [1.165, 1.54) is 30.5 Å². The minimum absolute atomic E-state index is 0.110. The molecule has 1 aromatic heterocycles. The fourth-order valence-electron chi connectivity index (χ4n) is 1.66. The van der Waals surface area contributed by atoms with Crippen LogP contribution in [0.5, 0.6) is 0 Å². The normalized spacial score (nSPS) is 11.2. The van der Waals surface area contributed by atoms with Crippen molar-refractivity contribution in [2.24, 2.45) is 5.84 Å². The van der Waals surface area contributed by atoms with Crippen LogP contribution in [0.3, 0.4) is 0 Å². The number of hydrogen-bond acceptors (Lipinski definition) is 5. The van der Waals surface area contributed by atoms with Crippen molar-refractivity contribution < 1.29 is 12.8 Å². The molecule has 0 unspecified atom stereocenters. The number of hydrogen-bond donors (Lipinski definition) is 3. The number of nitrogens with two attached hydrogens (primary N) is 1. The van der Waals surface area contributed by atoms with E-state index in [0.29, 0.717) is 5.56 Å². The zero-order valence-corrected chi connectivity index (χ0v) is 11.4. The highest BCUT2D eigenvalue weighted by atomic mass is 32.2. The van der Waals surface area contributed by atoms with Gasteiger partial charge in [0, 0.05) is 6.20 Å². The van der Waals surface area contributed by atoms with Crippen LogP contribution in [-0.2, 0) is 10.0 Å². The molecule has 2 rings (SSSR count). The Labute approximate surface area is 115 Å². The number of aryl methyl sites for hydroxylation is 1. The second-order valence-corrected chi connectivity index (χ2v) is 5.64. The van der Waals surface area contributed by atoms with Crippen molar-refractivity contribution in [1.82, 2.24) is 4.98 Å². The average Bonchev–Trinajstić information content (AvgIpc) is 2.43. The molecule has 106 valence electrons. The fourth-order valence-corrected chi connectivity index (χ4v) is 2.90. The van der Waals surface area contributed by atoms with Crippen LogP contribution in [0.15, 0.2) is 41.6 Å². The minimum atomic E-state index is -4.04. The van der Waals surface area contributed by atoms with E-state index in [9.17, 15) is 12.8 Å². The molecule has 4 N–H and O–H groups in total. The molecule has 0 radical (unpaired) electrons. The Morgan fingerprint density at radius 3 is 2.65 bits per heavy atom. The Hall–Kier alpha value is -2.19. The summed E-state index contributed by atoms with van der Waals surface area (Å²) in [5.41, 5.74) is 2.72. The quantitative estimate of drug-likeness (QED) is 0.588. The standard InChI is InChI=1S/C12H13FN4O2S/c1-8-4-2-5-9(13)11(8)17-20(18,19)12-10(16-14)6-3-7-15-12/h2-7,16-17H,14H2,1H3. The van der Waals surface area contributed by atoms with Gasteiger partial charge >= 0.3 is 0 Å². The average molecular weight is 296 g/mol. The number of anilines is 2. The molecule has 0 bridgehead atoms. The van der Waals surface area contributed by atoms with Crippen molar-refractivity contribution in [2.75, 3.05) is 10.1 Å². The van der Waals surface area contributed by atoms with E-state index in [-0.39, 0.29) is 16.4 Å². The van der Waals surface area contributed by atoms with Gasteiger partial charge in [-0.15, -0.1) is 0 Å². The van der Waals surface area contributed by atoms with Crippen LogP contribution < -0.4 is 16.0 Å². The van der Waals surface area contributed by atoms with Crippen LogP contribution in [0.2, 0.25) is 0 Å². The monoisotopic (exact) mass is 296 g/mol. The maximum absolute atomic E-state index is 13.7. The van der Waals surface area contributed by atoms with Gasteiger partial charge in [0.25, 0.3) is 10.0 Å². The summed E-state index contributed by atoms with van der Waals surface area (Å²) in [4.78, 5) is 3.76. The lowest BCUT2D eigenvalue weighted by Crippen LogP contribution is -2.20. The van der Waals surface area contributed by atoms with E-state index in [1.807, 2.05) is 0 Å². The Balaban J connectivity index is 2.47. The van der Waals surface area contributed by atoms with Gasteiger partial charge in [-0.1, -0.05) is 12.1 Å². The van der Waals surface area contributed by atoms with Gasteiger partial charge in [-0.3, -0.25) is 10.6 Å². The van der Waals surface area contributed by atoms with E-state index in [1.54, 1.807) is 13.0 Å². The highest BCUT2D eigenvalue weighted by Gasteiger charge is 2.22. The van der Waals surface area contributed by atoms with Gasteiger partial charge in [-0.25, -0.2) is 9.37 Å². The van der Waals surface area contributed by atoms with Gasteiger partial charge in [0.1, 0.15) is 5.82 Å². The Bertz CT molecular complexity index is 714. The second-order valence-electron chi connectivity index (χ2n) is 4.04. The molecule has 6 nitrogen and oxygen atoms in total. The Morgan fingerprint density at radius 2 is 2.00 bits per heavy atom. The third-order valence-corrected chi connectivity index (χ3v) is 3.95. The maximum atomic E-state index is 13.7. The molecule has 0 aliphatic rings. The smallest absolute Gasteiger partial charge is 0.281 e. The summed E-state index contributed by atoms with van der Waals surface area (Å²) in [6.45, 7) is 1.60. The summed E-state index contributed by atoms with van der Waals surface area (Å²) in [6, 6.07) is 7.25. The molecule has 8 heteroatoms. The number of benzene rings is 1. The number of nitrogen functional groups attached to an aromatic ring is 1. The molecule has 1 aromatic carbocycles. The van der Waals surface area contributed by atoms with Crippen LogP contribution in [0.4, 0.5) is 15.8 Å². The number of para-hydroxylation sites is 1. The number of rotatable bonds is 4. The molecule has 0 atom stereocenters. The van der Waals surface area contributed by atoms with Crippen molar-refractivity contribution in [2.45, 2.75) is 11.9 Å². The topological polar surface area (TPSA) is 97.1 Å². The first-order valence-electron chi connectivity index (χ1n) is 5.65. The lowest BCUT2D eigenvalue weighted by molar-refractivity contribution is 0.595. The molecule has 0 spiro atoms. The highest BCUT2D eigenvalue weighted by Crippen LogP contribution is 2.24. The Morgan fingerprint density at radius 1 is 1.25 bits per heavy atom. The molecule has 0 amide bonds. The first kappa shape index (κ1) is 14.2. The van der Waals surface area contributed by atoms with E-state index in [4.69, 9.17) is 5.84 Å². The molecule has 0 aliphatic heterocycles. The van der Waals surface area contributed by atoms with Gasteiger partial charge in [0.05, 0.1) is 11.4 Å². The number of aromatic nitrogens is 1. The van der Waals surface area contributed by atoms with Crippen LogP contribution in [-0.4, -0.2) is 13.4 Å². The van der Waals surface area contributed by atoms with Gasteiger partial charge in [-0.05, 0) is 30.7 Å². The number of hydrazine groups is 1. The molecule has 2 aromatic rings. The van der Waals surface area contributed by atoms with Gasteiger partial charge < -0.3 is 5.43 Å². The third-order valence-electron chi connectivity index (χ3n) is 2.64. The van der Waals surface area contributed by atoms with E-state index in [2.05, 4.69) is 15.1 Å². The Kier molecular flexibility index (Phi) is 3.86. The minimum Gasteiger partial charge on any atom is -0.321 e. The molecular formula is C12H13FN4O2S. The number of nitrogens with one attached hydrogen (secondary N) is 2. The lowest BCUT2D eigenvalue weighted by atomic mass is 10.2. The van der Waals surface area contributed by atoms with Crippen LogP contribution >= 0.6 is 0 Å². The summed E-state index contributed by atoms with van der Waals surface area (Å²) in [5.74, 6) is 4.58. The number of pyridine rings is 1. The predicted molar refractivity (Wildman–Crippen MR) is 74.0 cm³/mol. The third kappa shape index (κ3) is 2.70. The molecule has 0 saturated heterocycles. The molecule has 0 saturated carbocycles.